The Labute approximate surface area is 135 Å². The van der Waals surface area contributed by atoms with E-state index in [1.54, 1.807) is 0 Å². The summed E-state index contributed by atoms with van der Waals surface area (Å²) in [7, 11) is -3.60. The molecule has 1 unspecified atom stereocenters. The average molecular weight is 396 g/mol. The fourth-order valence-electron chi connectivity index (χ4n) is 1.69. The predicted molar refractivity (Wildman–Crippen MR) is 84.6 cm³/mol. The fourth-order valence-corrected chi connectivity index (χ4v) is 4.57. The molecule has 1 aromatic heterocycles. The SMILES string of the molecule is CCC(NS(=O)(=O)c1cnc(Cl)s1)c1ccc(Br)cc1. The van der Waals surface area contributed by atoms with Gasteiger partial charge in [-0.25, -0.2) is 18.1 Å². The molecule has 1 heterocycles. The smallest absolute Gasteiger partial charge is 0.232 e. The van der Waals surface area contributed by atoms with Crippen molar-refractivity contribution in [2.24, 2.45) is 0 Å². The molecule has 0 bridgehead atoms. The van der Waals surface area contributed by atoms with E-state index >= 15 is 0 Å². The number of hydrogen-bond donors (Lipinski definition) is 1. The summed E-state index contributed by atoms with van der Waals surface area (Å²) in [6, 6.07) is 7.26. The minimum absolute atomic E-state index is 0.123. The van der Waals surface area contributed by atoms with Crippen LogP contribution in [0.1, 0.15) is 24.9 Å². The zero-order valence-corrected chi connectivity index (χ0v) is 14.5. The second-order valence-corrected chi connectivity index (χ2v) is 8.54. The van der Waals surface area contributed by atoms with Crippen molar-refractivity contribution in [3.8, 4) is 0 Å². The molecule has 2 rings (SSSR count). The Morgan fingerprint density at radius 3 is 2.55 bits per heavy atom. The van der Waals surface area contributed by atoms with Crippen molar-refractivity contribution in [2.75, 3.05) is 0 Å². The fraction of sp³-hybridized carbons (Fsp3) is 0.250. The molecule has 0 aliphatic heterocycles. The summed E-state index contributed by atoms with van der Waals surface area (Å²) in [6.45, 7) is 1.93. The first kappa shape index (κ1) is 15.9. The van der Waals surface area contributed by atoms with Crippen molar-refractivity contribution < 1.29 is 8.42 Å². The van der Waals surface area contributed by atoms with E-state index in [2.05, 4.69) is 25.6 Å². The number of benzene rings is 1. The second kappa shape index (κ2) is 6.53. The minimum Gasteiger partial charge on any atom is -0.232 e. The van der Waals surface area contributed by atoms with Crippen molar-refractivity contribution in [1.82, 2.24) is 9.71 Å². The highest BCUT2D eigenvalue weighted by Crippen LogP contribution is 2.26. The van der Waals surface area contributed by atoms with Crippen LogP contribution in [0.25, 0.3) is 0 Å². The van der Waals surface area contributed by atoms with Crippen LogP contribution in [0.15, 0.2) is 39.1 Å². The van der Waals surface area contributed by atoms with Crippen LogP contribution < -0.4 is 4.72 Å². The molecule has 0 saturated carbocycles. The van der Waals surface area contributed by atoms with Crippen molar-refractivity contribution in [2.45, 2.75) is 23.6 Å². The molecular weight excluding hydrogens is 384 g/mol. The quantitative estimate of drug-likeness (QED) is 0.832. The van der Waals surface area contributed by atoms with Gasteiger partial charge in [-0.15, -0.1) is 0 Å². The average Bonchev–Trinajstić information content (AvgIpc) is 2.85. The Morgan fingerprint density at radius 2 is 2.05 bits per heavy atom. The summed E-state index contributed by atoms with van der Waals surface area (Å²) >= 11 is 9.98. The molecule has 0 saturated heterocycles. The maximum atomic E-state index is 12.2. The zero-order chi connectivity index (χ0) is 14.8. The lowest BCUT2D eigenvalue weighted by atomic mass is 10.1. The molecule has 0 radical (unpaired) electrons. The number of thiazole rings is 1. The molecule has 0 spiro atoms. The lowest BCUT2D eigenvalue weighted by molar-refractivity contribution is 0.552. The first-order chi connectivity index (χ1) is 9.42. The first-order valence-electron chi connectivity index (χ1n) is 5.81. The van der Waals surface area contributed by atoms with Gasteiger partial charge in [-0.3, -0.25) is 0 Å². The molecule has 2 aromatic rings. The van der Waals surface area contributed by atoms with Crippen molar-refractivity contribution in [3.05, 3.63) is 45.0 Å². The Balaban J connectivity index is 2.24. The highest BCUT2D eigenvalue weighted by atomic mass is 79.9. The van der Waals surface area contributed by atoms with Crippen molar-refractivity contribution in [3.63, 3.8) is 0 Å². The van der Waals surface area contributed by atoms with Crippen LogP contribution in [-0.4, -0.2) is 13.4 Å². The number of halogens is 2. The number of rotatable bonds is 5. The van der Waals surface area contributed by atoms with Gasteiger partial charge in [0, 0.05) is 10.5 Å². The summed E-state index contributed by atoms with van der Waals surface area (Å²) in [5.74, 6) is 0. The van der Waals surface area contributed by atoms with Gasteiger partial charge in [-0.05, 0) is 24.1 Å². The molecule has 108 valence electrons. The van der Waals surface area contributed by atoms with E-state index in [1.165, 1.54) is 6.20 Å². The summed E-state index contributed by atoms with van der Waals surface area (Å²) in [5, 5.41) is 0. The van der Waals surface area contributed by atoms with Gasteiger partial charge < -0.3 is 0 Å². The van der Waals surface area contributed by atoms with Crippen LogP contribution in [0.2, 0.25) is 4.47 Å². The molecule has 0 amide bonds. The van der Waals surface area contributed by atoms with Crippen molar-refractivity contribution >= 4 is 48.9 Å². The van der Waals surface area contributed by atoms with Gasteiger partial charge in [0.05, 0.1) is 6.20 Å². The van der Waals surface area contributed by atoms with E-state index in [0.29, 0.717) is 6.42 Å². The van der Waals surface area contributed by atoms with Crippen LogP contribution in [0, 0.1) is 0 Å². The lowest BCUT2D eigenvalue weighted by Gasteiger charge is -2.16. The molecule has 0 fully saturated rings. The summed E-state index contributed by atoms with van der Waals surface area (Å²) in [5.41, 5.74) is 0.912. The zero-order valence-electron chi connectivity index (χ0n) is 10.5. The minimum atomic E-state index is -3.60. The van der Waals surface area contributed by atoms with Gasteiger partial charge in [-0.1, -0.05) is 57.9 Å². The summed E-state index contributed by atoms with van der Waals surface area (Å²) in [4.78, 5) is 3.76. The van der Waals surface area contributed by atoms with E-state index in [4.69, 9.17) is 11.6 Å². The number of hydrogen-bond acceptors (Lipinski definition) is 4. The highest BCUT2D eigenvalue weighted by molar-refractivity contribution is 9.10. The third-order valence-corrected chi connectivity index (χ3v) is 6.28. The van der Waals surface area contributed by atoms with Gasteiger partial charge in [0.1, 0.15) is 0 Å². The van der Waals surface area contributed by atoms with Crippen LogP contribution in [0.5, 0.6) is 0 Å². The van der Waals surface area contributed by atoms with Crippen molar-refractivity contribution in [1.29, 1.82) is 0 Å². The molecule has 0 aliphatic carbocycles. The van der Waals surface area contributed by atoms with E-state index in [1.807, 2.05) is 31.2 Å². The van der Waals surface area contributed by atoms with E-state index < -0.39 is 10.0 Å². The number of aromatic nitrogens is 1. The second-order valence-electron chi connectivity index (χ2n) is 4.07. The van der Waals surface area contributed by atoms with Gasteiger partial charge in [0.25, 0.3) is 10.0 Å². The maximum absolute atomic E-state index is 12.2. The van der Waals surface area contributed by atoms with E-state index in [-0.39, 0.29) is 14.7 Å². The molecule has 20 heavy (non-hydrogen) atoms. The number of sulfonamides is 1. The normalized spacial score (nSPS) is 13.3. The number of nitrogens with zero attached hydrogens (tertiary/aromatic N) is 1. The Bertz CT molecular complexity index is 686. The molecule has 1 N–H and O–H groups in total. The molecule has 0 aliphatic rings. The number of nitrogens with one attached hydrogen (secondary N) is 1. The monoisotopic (exact) mass is 394 g/mol. The van der Waals surface area contributed by atoms with Crippen LogP contribution >= 0.6 is 38.9 Å². The Kier molecular flexibility index (Phi) is 5.19. The molecule has 8 heteroatoms. The summed E-state index contributed by atoms with van der Waals surface area (Å²) < 4.78 is 28.5. The van der Waals surface area contributed by atoms with E-state index in [9.17, 15) is 8.42 Å². The Morgan fingerprint density at radius 1 is 1.40 bits per heavy atom. The van der Waals surface area contributed by atoms with E-state index in [0.717, 1.165) is 21.4 Å². The molecule has 1 atom stereocenters. The standard InChI is InChI=1S/C12H12BrClN2O2S2/c1-2-10(8-3-5-9(13)6-4-8)16-20(17,18)11-7-15-12(14)19-11/h3-7,10,16H,2H2,1H3. The third kappa shape index (κ3) is 3.79. The van der Waals surface area contributed by atoms with Gasteiger partial charge in [0.2, 0.25) is 0 Å². The van der Waals surface area contributed by atoms with Gasteiger partial charge >= 0.3 is 0 Å². The maximum Gasteiger partial charge on any atom is 0.252 e. The van der Waals surface area contributed by atoms with Gasteiger partial charge in [0.15, 0.2) is 8.68 Å². The highest BCUT2D eigenvalue weighted by Gasteiger charge is 2.22. The van der Waals surface area contributed by atoms with Crippen LogP contribution in [0.3, 0.4) is 0 Å². The first-order valence-corrected chi connectivity index (χ1v) is 9.28. The van der Waals surface area contributed by atoms with Gasteiger partial charge in [-0.2, -0.15) is 0 Å². The van der Waals surface area contributed by atoms with Crippen LogP contribution in [0.4, 0.5) is 0 Å². The molecular formula is C12H12BrClN2O2S2. The largest absolute Gasteiger partial charge is 0.252 e. The molecule has 4 nitrogen and oxygen atoms in total. The van der Waals surface area contributed by atoms with Crippen LogP contribution in [-0.2, 0) is 10.0 Å². The topological polar surface area (TPSA) is 59.1 Å². The Hall–Kier alpha value is -0.470. The molecule has 1 aromatic carbocycles. The lowest BCUT2D eigenvalue weighted by Crippen LogP contribution is -2.27. The third-order valence-electron chi connectivity index (χ3n) is 2.70. The summed E-state index contributed by atoms with van der Waals surface area (Å²) in [6.07, 6.45) is 1.91. The predicted octanol–water partition coefficient (Wildman–Crippen LogP) is 3.99.